The van der Waals surface area contributed by atoms with Crippen LogP contribution in [0.1, 0.15) is 18.5 Å². The van der Waals surface area contributed by atoms with Crippen molar-refractivity contribution in [1.82, 2.24) is 4.90 Å². The van der Waals surface area contributed by atoms with E-state index in [-0.39, 0.29) is 16.1 Å². The van der Waals surface area contributed by atoms with Gasteiger partial charge in [-0.25, -0.2) is 0 Å². The molecule has 17 heavy (non-hydrogen) atoms. The van der Waals surface area contributed by atoms with Crippen LogP contribution in [0.25, 0.3) is 0 Å². The molecule has 1 unspecified atom stereocenters. The Kier molecular flexibility index (Phi) is 3.22. The quantitative estimate of drug-likeness (QED) is 0.775. The molecule has 0 saturated carbocycles. The van der Waals surface area contributed by atoms with E-state index >= 15 is 0 Å². The number of hydrogen-bond donors (Lipinski definition) is 0. The van der Waals surface area contributed by atoms with E-state index < -0.39 is 11.8 Å². The molecule has 1 aliphatic rings. The zero-order valence-electron chi connectivity index (χ0n) is 8.98. The highest BCUT2D eigenvalue weighted by atomic mass is 35.5. The number of benzene rings is 1. The van der Waals surface area contributed by atoms with Gasteiger partial charge in [-0.1, -0.05) is 53.5 Å². The average molecular weight is 270 g/mol. The molecule has 0 saturated heterocycles. The molecule has 1 heterocycles. The summed E-state index contributed by atoms with van der Waals surface area (Å²) in [4.78, 5) is 24.6. The van der Waals surface area contributed by atoms with Crippen molar-refractivity contribution in [3.8, 4) is 0 Å². The van der Waals surface area contributed by atoms with E-state index in [4.69, 9.17) is 23.2 Å². The predicted molar refractivity (Wildman–Crippen MR) is 65.4 cm³/mol. The van der Waals surface area contributed by atoms with Gasteiger partial charge in [0.25, 0.3) is 11.8 Å². The minimum absolute atomic E-state index is 0.209. The maximum Gasteiger partial charge on any atom is 0.274 e. The molecule has 1 aromatic rings. The molecule has 2 rings (SSSR count). The number of rotatable bonds is 2. The lowest BCUT2D eigenvalue weighted by Gasteiger charge is -2.22. The summed E-state index contributed by atoms with van der Waals surface area (Å²) in [6, 6.07) is 8.83. The van der Waals surface area contributed by atoms with Crippen LogP contribution in [-0.2, 0) is 9.59 Å². The van der Waals surface area contributed by atoms with Gasteiger partial charge in [-0.2, -0.15) is 0 Å². The van der Waals surface area contributed by atoms with Gasteiger partial charge >= 0.3 is 0 Å². The van der Waals surface area contributed by atoms with E-state index in [1.165, 1.54) is 0 Å². The number of imide groups is 1. The SMILES string of the molecule is CC(c1ccccc1)N1C(=O)C(Cl)=C(Cl)C1=O. The normalized spacial score (nSPS) is 17.9. The highest BCUT2D eigenvalue weighted by Gasteiger charge is 2.39. The number of amides is 2. The average Bonchev–Trinajstić information content (AvgIpc) is 2.54. The molecule has 2 amide bonds. The topological polar surface area (TPSA) is 37.4 Å². The van der Waals surface area contributed by atoms with Crippen molar-refractivity contribution in [1.29, 1.82) is 0 Å². The molecule has 0 aromatic heterocycles. The minimum atomic E-state index is -0.544. The standard InChI is InChI=1S/C12H9Cl2NO2/c1-7(8-5-3-2-4-6-8)15-11(16)9(13)10(14)12(15)17/h2-7H,1H3. The van der Waals surface area contributed by atoms with Crippen LogP contribution in [-0.4, -0.2) is 16.7 Å². The maximum absolute atomic E-state index is 11.8. The van der Waals surface area contributed by atoms with Crippen LogP contribution in [0.2, 0.25) is 0 Å². The summed E-state index contributed by atoms with van der Waals surface area (Å²) in [6.45, 7) is 1.75. The fourth-order valence-corrected chi connectivity index (χ4v) is 2.07. The van der Waals surface area contributed by atoms with E-state index in [0.717, 1.165) is 10.5 Å². The summed E-state index contributed by atoms with van der Waals surface area (Å²) in [5.41, 5.74) is 0.852. The Bertz CT molecular complexity index is 486. The van der Waals surface area contributed by atoms with E-state index in [0.29, 0.717) is 0 Å². The van der Waals surface area contributed by atoms with Gasteiger partial charge in [0.1, 0.15) is 10.1 Å². The van der Waals surface area contributed by atoms with Crippen molar-refractivity contribution < 1.29 is 9.59 Å². The molecule has 0 N–H and O–H groups in total. The van der Waals surface area contributed by atoms with Crippen LogP contribution in [0.5, 0.6) is 0 Å². The van der Waals surface area contributed by atoms with Crippen molar-refractivity contribution >= 4 is 35.0 Å². The first-order chi connectivity index (χ1) is 8.04. The maximum atomic E-state index is 11.8. The zero-order chi connectivity index (χ0) is 12.6. The zero-order valence-corrected chi connectivity index (χ0v) is 10.5. The summed E-state index contributed by atoms with van der Waals surface area (Å²) in [5, 5.41) is -0.418. The monoisotopic (exact) mass is 269 g/mol. The first kappa shape index (κ1) is 12.1. The summed E-state index contributed by atoms with van der Waals surface area (Å²) in [6.07, 6.45) is 0. The summed E-state index contributed by atoms with van der Waals surface area (Å²) < 4.78 is 0. The van der Waals surface area contributed by atoms with Gasteiger partial charge in [-0.05, 0) is 12.5 Å². The highest BCUT2D eigenvalue weighted by Crippen LogP contribution is 2.33. The Morgan fingerprint density at radius 2 is 1.47 bits per heavy atom. The number of nitrogens with zero attached hydrogens (tertiary/aromatic N) is 1. The van der Waals surface area contributed by atoms with Crippen LogP contribution in [0, 0.1) is 0 Å². The van der Waals surface area contributed by atoms with Crippen molar-refractivity contribution in [3.63, 3.8) is 0 Å². The van der Waals surface area contributed by atoms with Gasteiger partial charge < -0.3 is 0 Å². The van der Waals surface area contributed by atoms with Gasteiger partial charge in [-0.15, -0.1) is 0 Å². The van der Waals surface area contributed by atoms with E-state index in [9.17, 15) is 9.59 Å². The highest BCUT2D eigenvalue weighted by molar-refractivity contribution is 6.58. The van der Waals surface area contributed by atoms with Crippen LogP contribution < -0.4 is 0 Å². The largest absolute Gasteiger partial charge is 0.274 e. The van der Waals surface area contributed by atoms with Crippen molar-refractivity contribution in [3.05, 3.63) is 46.0 Å². The molecule has 0 spiro atoms. The molecule has 0 fully saturated rings. The lowest BCUT2D eigenvalue weighted by Crippen LogP contribution is -2.33. The van der Waals surface area contributed by atoms with Crippen LogP contribution in [0.15, 0.2) is 40.4 Å². The van der Waals surface area contributed by atoms with E-state index in [1.54, 1.807) is 6.92 Å². The van der Waals surface area contributed by atoms with Gasteiger partial charge in [0, 0.05) is 0 Å². The third-order valence-electron chi connectivity index (χ3n) is 2.68. The first-order valence-corrected chi connectivity index (χ1v) is 5.77. The van der Waals surface area contributed by atoms with E-state index in [1.807, 2.05) is 30.3 Å². The van der Waals surface area contributed by atoms with Crippen molar-refractivity contribution in [2.75, 3.05) is 0 Å². The molecule has 3 nitrogen and oxygen atoms in total. The van der Waals surface area contributed by atoms with Gasteiger partial charge in [0.15, 0.2) is 0 Å². The molecule has 1 atom stereocenters. The molecule has 0 bridgehead atoms. The first-order valence-electron chi connectivity index (χ1n) is 5.02. The van der Waals surface area contributed by atoms with Crippen LogP contribution in [0.3, 0.4) is 0 Å². The second-order valence-electron chi connectivity index (χ2n) is 3.69. The Morgan fingerprint density at radius 3 is 1.94 bits per heavy atom. The molecular formula is C12H9Cl2NO2. The van der Waals surface area contributed by atoms with Crippen molar-refractivity contribution in [2.45, 2.75) is 13.0 Å². The molecule has 1 aromatic carbocycles. The Morgan fingerprint density at radius 1 is 1.00 bits per heavy atom. The molecular weight excluding hydrogens is 261 g/mol. The second-order valence-corrected chi connectivity index (χ2v) is 4.45. The number of carbonyl (C=O) groups is 2. The fourth-order valence-electron chi connectivity index (χ4n) is 1.72. The summed E-state index contributed by atoms with van der Waals surface area (Å²) in [5.74, 6) is -1.09. The van der Waals surface area contributed by atoms with Gasteiger partial charge in [0.05, 0.1) is 6.04 Å². The smallest absolute Gasteiger partial charge is 0.267 e. The molecule has 88 valence electrons. The molecule has 5 heteroatoms. The predicted octanol–water partition coefficient (Wildman–Crippen LogP) is 2.81. The Balaban J connectivity index is 2.33. The van der Waals surface area contributed by atoms with Crippen LogP contribution >= 0.6 is 23.2 Å². The van der Waals surface area contributed by atoms with Gasteiger partial charge in [-0.3, -0.25) is 14.5 Å². The third-order valence-corrected chi connectivity index (χ3v) is 3.47. The lowest BCUT2D eigenvalue weighted by molar-refractivity contribution is -0.139. The van der Waals surface area contributed by atoms with Crippen LogP contribution in [0.4, 0.5) is 0 Å². The minimum Gasteiger partial charge on any atom is -0.267 e. The number of hydrogen-bond acceptors (Lipinski definition) is 2. The number of carbonyl (C=O) groups excluding carboxylic acids is 2. The Labute approximate surface area is 109 Å². The second kappa shape index (κ2) is 4.51. The van der Waals surface area contributed by atoms with Crippen molar-refractivity contribution in [2.24, 2.45) is 0 Å². The molecule has 0 aliphatic carbocycles. The lowest BCUT2D eigenvalue weighted by atomic mass is 10.1. The Hall–Kier alpha value is -1.32. The van der Waals surface area contributed by atoms with E-state index in [2.05, 4.69) is 0 Å². The molecule has 0 radical (unpaired) electrons. The fraction of sp³-hybridized carbons (Fsp3) is 0.167. The number of halogens is 2. The molecule has 1 aliphatic heterocycles. The summed E-state index contributed by atoms with van der Waals surface area (Å²) in [7, 11) is 0. The van der Waals surface area contributed by atoms with Gasteiger partial charge in [0.2, 0.25) is 0 Å². The third kappa shape index (κ3) is 1.96. The summed E-state index contributed by atoms with van der Waals surface area (Å²) >= 11 is 11.3.